The summed E-state index contributed by atoms with van der Waals surface area (Å²) in [6.45, 7) is 8.97. The molecule has 3 rings (SSSR count). The molecule has 3 fully saturated rings. The average molecular weight is 281 g/mol. The highest BCUT2D eigenvalue weighted by Gasteiger charge is 2.51. The summed E-state index contributed by atoms with van der Waals surface area (Å²) in [5, 5.41) is 2.78. The minimum absolute atomic E-state index is 0.0241. The number of ether oxygens (including phenoxy) is 1. The molecule has 1 aliphatic carbocycles. The maximum Gasteiger partial charge on any atom is 0.239 e. The van der Waals surface area contributed by atoms with Crippen molar-refractivity contribution in [3.8, 4) is 0 Å². The fourth-order valence-corrected chi connectivity index (χ4v) is 3.37. The van der Waals surface area contributed by atoms with E-state index in [0.717, 1.165) is 32.1 Å². The molecule has 5 nitrogen and oxygen atoms in total. The van der Waals surface area contributed by atoms with E-state index >= 15 is 0 Å². The van der Waals surface area contributed by atoms with E-state index in [-0.39, 0.29) is 17.6 Å². The van der Waals surface area contributed by atoms with E-state index in [1.807, 2.05) is 0 Å². The van der Waals surface area contributed by atoms with Gasteiger partial charge in [0.15, 0.2) is 0 Å². The van der Waals surface area contributed by atoms with E-state index < -0.39 is 0 Å². The number of carbonyl (C=O) groups is 1. The van der Waals surface area contributed by atoms with E-state index in [9.17, 15) is 4.79 Å². The summed E-state index contributed by atoms with van der Waals surface area (Å²) in [6.07, 6.45) is 2.64. The number of likely N-dealkylation sites (tertiary alicyclic amines) is 1. The Bertz CT molecular complexity index is 375. The lowest BCUT2D eigenvalue weighted by Crippen LogP contribution is -2.73. The van der Waals surface area contributed by atoms with Crippen molar-refractivity contribution in [1.29, 1.82) is 0 Å². The molecule has 2 heterocycles. The molecule has 1 saturated carbocycles. The molecule has 1 amide bonds. The molecule has 1 atom stereocenters. The Kier molecular flexibility index (Phi) is 3.77. The van der Waals surface area contributed by atoms with Gasteiger partial charge in [0, 0.05) is 39.3 Å². The normalized spacial score (nSPS) is 30.5. The molecule has 2 aliphatic heterocycles. The first-order chi connectivity index (χ1) is 9.53. The van der Waals surface area contributed by atoms with Crippen LogP contribution in [0.3, 0.4) is 0 Å². The van der Waals surface area contributed by atoms with Gasteiger partial charge in [0.05, 0.1) is 6.61 Å². The van der Waals surface area contributed by atoms with Gasteiger partial charge in [-0.05, 0) is 32.6 Å². The molecule has 114 valence electrons. The van der Waals surface area contributed by atoms with Crippen LogP contribution in [0.2, 0.25) is 0 Å². The summed E-state index contributed by atoms with van der Waals surface area (Å²) in [5.74, 6) is 0.902. The first kappa shape index (κ1) is 14.3. The number of nitrogens with one attached hydrogen (secondary N) is 1. The number of amides is 1. The van der Waals surface area contributed by atoms with Crippen LogP contribution in [-0.2, 0) is 9.53 Å². The van der Waals surface area contributed by atoms with Crippen molar-refractivity contribution in [3.63, 3.8) is 0 Å². The predicted octanol–water partition coefficient (Wildman–Crippen LogP) is 0.306. The Hall–Kier alpha value is -0.650. The highest BCUT2D eigenvalue weighted by atomic mass is 16.5. The van der Waals surface area contributed by atoms with E-state index in [1.54, 1.807) is 7.05 Å². The summed E-state index contributed by atoms with van der Waals surface area (Å²) in [5.41, 5.74) is -0.0241. The van der Waals surface area contributed by atoms with Crippen molar-refractivity contribution < 1.29 is 9.53 Å². The molecule has 0 aromatic carbocycles. The van der Waals surface area contributed by atoms with Crippen LogP contribution in [0, 0.1) is 5.92 Å². The van der Waals surface area contributed by atoms with Gasteiger partial charge in [-0.2, -0.15) is 0 Å². The summed E-state index contributed by atoms with van der Waals surface area (Å²) >= 11 is 0. The monoisotopic (exact) mass is 281 g/mol. The van der Waals surface area contributed by atoms with Crippen molar-refractivity contribution in [2.75, 3.05) is 39.8 Å². The molecular weight excluding hydrogens is 254 g/mol. The SMILES string of the molecule is CNC(=O)[C@@H]1COC2(CN(C(C)C)C2)CN1CC1CC1. The first-order valence-electron chi connectivity index (χ1n) is 7.87. The van der Waals surface area contributed by atoms with Crippen LogP contribution in [-0.4, -0.2) is 73.2 Å². The third-order valence-electron chi connectivity index (χ3n) is 4.93. The summed E-state index contributed by atoms with van der Waals surface area (Å²) in [7, 11) is 1.71. The summed E-state index contributed by atoms with van der Waals surface area (Å²) in [4.78, 5) is 16.8. The molecule has 0 unspecified atom stereocenters. The molecule has 0 bridgehead atoms. The Labute approximate surface area is 121 Å². The Morgan fingerprint density at radius 2 is 2.05 bits per heavy atom. The topological polar surface area (TPSA) is 44.8 Å². The molecule has 0 radical (unpaired) electrons. The molecule has 5 heteroatoms. The first-order valence-corrected chi connectivity index (χ1v) is 7.87. The van der Waals surface area contributed by atoms with Gasteiger partial charge in [0.25, 0.3) is 0 Å². The molecule has 0 aromatic heterocycles. The number of nitrogens with zero attached hydrogens (tertiary/aromatic N) is 2. The lowest BCUT2D eigenvalue weighted by Gasteiger charge is -2.56. The second-order valence-electron chi connectivity index (χ2n) is 7.00. The van der Waals surface area contributed by atoms with Crippen LogP contribution in [0.15, 0.2) is 0 Å². The second kappa shape index (κ2) is 5.28. The maximum atomic E-state index is 12.0. The number of carbonyl (C=O) groups excluding carboxylic acids is 1. The van der Waals surface area contributed by atoms with Crippen molar-refractivity contribution in [1.82, 2.24) is 15.1 Å². The molecule has 3 aliphatic rings. The average Bonchev–Trinajstić information content (AvgIpc) is 3.18. The number of hydrogen-bond donors (Lipinski definition) is 1. The number of likely N-dealkylation sites (N-methyl/N-ethyl adjacent to an activating group) is 1. The Balaban J connectivity index is 1.63. The number of rotatable bonds is 4. The smallest absolute Gasteiger partial charge is 0.239 e. The molecular formula is C15H27N3O2. The van der Waals surface area contributed by atoms with Crippen molar-refractivity contribution in [3.05, 3.63) is 0 Å². The van der Waals surface area contributed by atoms with Gasteiger partial charge >= 0.3 is 0 Å². The van der Waals surface area contributed by atoms with Crippen LogP contribution < -0.4 is 5.32 Å². The summed E-state index contributed by atoms with van der Waals surface area (Å²) in [6, 6.07) is 0.483. The van der Waals surface area contributed by atoms with Crippen molar-refractivity contribution >= 4 is 5.91 Å². The minimum atomic E-state index is -0.0978. The lowest BCUT2D eigenvalue weighted by molar-refractivity contribution is -0.206. The van der Waals surface area contributed by atoms with Crippen LogP contribution >= 0.6 is 0 Å². The Morgan fingerprint density at radius 3 is 2.60 bits per heavy atom. The van der Waals surface area contributed by atoms with Gasteiger partial charge in [-0.3, -0.25) is 14.6 Å². The number of morpholine rings is 1. The lowest BCUT2D eigenvalue weighted by atomic mass is 9.89. The van der Waals surface area contributed by atoms with E-state index in [2.05, 4.69) is 29.0 Å². The fourth-order valence-electron chi connectivity index (χ4n) is 3.37. The van der Waals surface area contributed by atoms with E-state index in [0.29, 0.717) is 12.6 Å². The zero-order valence-electron chi connectivity index (χ0n) is 12.9. The quantitative estimate of drug-likeness (QED) is 0.805. The van der Waals surface area contributed by atoms with Gasteiger partial charge in [-0.25, -0.2) is 0 Å². The second-order valence-corrected chi connectivity index (χ2v) is 7.00. The maximum absolute atomic E-state index is 12.0. The van der Waals surface area contributed by atoms with Crippen LogP contribution in [0.25, 0.3) is 0 Å². The van der Waals surface area contributed by atoms with E-state index in [1.165, 1.54) is 12.8 Å². The van der Waals surface area contributed by atoms with Crippen LogP contribution in [0.4, 0.5) is 0 Å². The van der Waals surface area contributed by atoms with Gasteiger partial charge in [0.2, 0.25) is 5.91 Å². The Morgan fingerprint density at radius 1 is 1.35 bits per heavy atom. The van der Waals surface area contributed by atoms with E-state index in [4.69, 9.17) is 4.74 Å². The van der Waals surface area contributed by atoms with Crippen LogP contribution in [0.1, 0.15) is 26.7 Å². The largest absolute Gasteiger partial charge is 0.369 e. The predicted molar refractivity (Wildman–Crippen MR) is 77.5 cm³/mol. The zero-order chi connectivity index (χ0) is 14.3. The van der Waals surface area contributed by atoms with Crippen LogP contribution in [0.5, 0.6) is 0 Å². The minimum Gasteiger partial charge on any atom is -0.369 e. The fraction of sp³-hybridized carbons (Fsp3) is 0.933. The van der Waals surface area contributed by atoms with Gasteiger partial charge < -0.3 is 10.1 Å². The van der Waals surface area contributed by atoms with Gasteiger partial charge in [0.1, 0.15) is 11.6 Å². The van der Waals surface area contributed by atoms with Gasteiger partial charge in [-0.1, -0.05) is 0 Å². The standard InChI is InChI=1S/C15H27N3O2/c1-11(2)18-9-15(10-18)8-17(6-12-4-5-12)13(7-20-15)14(19)16-3/h11-13H,4-10H2,1-3H3,(H,16,19)/t13-/m0/s1. The highest BCUT2D eigenvalue weighted by molar-refractivity contribution is 5.81. The highest BCUT2D eigenvalue weighted by Crippen LogP contribution is 2.36. The molecule has 0 aromatic rings. The third kappa shape index (κ3) is 2.71. The molecule has 1 N–H and O–H groups in total. The molecule has 20 heavy (non-hydrogen) atoms. The number of hydrogen-bond acceptors (Lipinski definition) is 4. The zero-order valence-corrected chi connectivity index (χ0v) is 12.9. The molecule has 1 spiro atoms. The third-order valence-corrected chi connectivity index (χ3v) is 4.93. The van der Waals surface area contributed by atoms with Crippen molar-refractivity contribution in [2.45, 2.75) is 44.4 Å². The molecule has 2 saturated heterocycles. The van der Waals surface area contributed by atoms with Crippen molar-refractivity contribution in [2.24, 2.45) is 5.92 Å². The summed E-state index contributed by atoms with van der Waals surface area (Å²) < 4.78 is 6.11. The van der Waals surface area contributed by atoms with Gasteiger partial charge in [-0.15, -0.1) is 0 Å².